The van der Waals surface area contributed by atoms with Gasteiger partial charge in [0.1, 0.15) is 5.75 Å². The van der Waals surface area contributed by atoms with Crippen molar-refractivity contribution in [3.8, 4) is 5.75 Å². The van der Waals surface area contributed by atoms with Crippen molar-refractivity contribution >= 4 is 5.69 Å². The Balaban J connectivity index is 2.29. The summed E-state index contributed by atoms with van der Waals surface area (Å²) in [5.41, 5.74) is 2.50. The minimum atomic E-state index is -0.0629. The number of benzene rings is 1. The van der Waals surface area contributed by atoms with Gasteiger partial charge in [0, 0.05) is 19.7 Å². The maximum Gasteiger partial charge on any atom is 0.272 e. The zero-order chi connectivity index (χ0) is 14.7. The molecule has 0 aliphatic rings. The van der Waals surface area contributed by atoms with Crippen molar-refractivity contribution in [1.29, 1.82) is 0 Å². The first-order chi connectivity index (χ1) is 9.52. The van der Waals surface area contributed by atoms with Gasteiger partial charge in [0.15, 0.2) is 0 Å². The summed E-state index contributed by atoms with van der Waals surface area (Å²) in [6, 6.07) is 7.62. The Morgan fingerprint density at radius 1 is 1.25 bits per heavy atom. The quantitative estimate of drug-likeness (QED) is 0.850. The Morgan fingerprint density at radius 3 is 2.45 bits per heavy atom. The third-order valence-corrected chi connectivity index (χ3v) is 3.23. The number of anilines is 1. The van der Waals surface area contributed by atoms with E-state index in [0.29, 0.717) is 12.1 Å². The van der Waals surface area contributed by atoms with Crippen LogP contribution < -0.4 is 15.2 Å². The Morgan fingerprint density at radius 2 is 1.90 bits per heavy atom. The predicted molar refractivity (Wildman–Crippen MR) is 79.7 cm³/mol. The van der Waals surface area contributed by atoms with Gasteiger partial charge in [-0.25, -0.2) is 4.68 Å². The second-order valence-electron chi connectivity index (χ2n) is 4.86. The lowest BCUT2D eigenvalue weighted by Gasteiger charge is -2.15. The molecule has 0 fully saturated rings. The smallest absolute Gasteiger partial charge is 0.272 e. The van der Waals surface area contributed by atoms with Gasteiger partial charge in [-0.2, -0.15) is 5.10 Å². The van der Waals surface area contributed by atoms with E-state index < -0.39 is 0 Å². The number of nitrogens with zero attached hydrogens (tertiary/aromatic N) is 3. The first kappa shape index (κ1) is 14.1. The fourth-order valence-corrected chi connectivity index (χ4v) is 2.04. The van der Waals surface area contributed by atoms with Crippen molar-refractivity contribution in [2.24, 2.45) is 0 Å². The van der Waals surface area contributed by atoms with Crippen LogP contribution in [0.1, 0.15) is 11.1 Å². The van der Waals surface area contributed by atoms with Gasteiger partial charge in [0.2, 0.25) is 0 Å². The number of aromatic nitrogens is 2. The fraction of sp³-hybridized carbons (Fsp3) is 0.333. The monoisotopic (exact) mass is 273 g/mol. The largest absolute Gasteiger partial charge is 0.497 e. The van der Waals surface area contributed by atoms with Crippen LogP contribution in [0.3, 0.4) is 0 Å². The van der Waals surface area contributed by atoms with Crippen LogP contribution in [0.25, 0.3) is 0 Å². The molecule has 106 valence electrons. The van der Waals surface area contributed by atoms with E-state index in [2.05, 4.69) is 5.10 Å². The van der Waals surface area contributed by atoms with Gasteiger partial charge in [0.05, 0.1) is 25.5 Å². The third-order valence-electron chi connectivity index (χ3n) is 3.23. The molecule has 0 amide bonds. The van der Waals surface area contributed by atoms with Crippen molar-refractivity contribution in [2.45, 2.75) is 13.5 Å². The Bertz CT molecular complexity index is 645. The summed E-state index contributed by atoms with van der Waals surface area (Å²) < 4.78 is 6.59. The van der Waals surface area contributed by atoms with Crippen molar-refractivity contribution < 1.29 is 4.74 Å². The highest BCUT2D eigenvalue weighted by Gasteiger charge is 2.09. The Labute approximate surface area is 118 Å². The van der Waals surface area contributed by atoms with Gasteiger partial charge < -0.3 is 9.64 Å². The molecule has 5 nitrogen and oxygen atoms in total. The molecule has 2 aromatic rings. The lowest BCUT2D eigenvalue weighted by molar-refractivity contribution is 0.414. The summed E-state index contributed by atoms with van der Waals surface area (Å²) in [5, 5.41) is 4.23. The van der Waals surface area contributed by atoms with Crippen LogP contribution in [0.4, 0.5) is 5.69 Å². The minimum Gasteiger partial charge on any atom is -0.497 e. The zero-order valence-corrected chi connectivity index (χ0v) is 12.3. The molecule has 2 rings (SSSR count). The van der Waals surface area contributed by atoms with Gasteiger partial charge in [-0.3, -0.25) is 4.79 Å². The molecule has 20 heavy (non-hydrogen) atoms. The fourth-order valence-electron chi connectivity index (χ4n) is 2.04. The minimum absolute atomic E-state index is 0.0629. The van der Waals surface area contributed by atoms with Crippen molar-refractivity contribution in [3.63, 3.8) is 0 Å². The molecule has 0 radical (unpaired) electrons. The van der Waals surface area contributed by atoms with Crippen LogP contribution in [-0.2, 0) is 6.54 Å². The van der Waals surface area contributed by atoms with Gasteiger partial charge in [-0.05, 0) is 24.6 Å². The highest BCUT2D eigenvalue weighted by Crippen LogP contribution is 2.13. The SMILES string of the molecule is COc1ccc(Cn2ncc(N(C)C)c(C)c2=O)cc1. The lowest BCUT2D eigenvalue weighted by Crippen LogP contribution is -2.28. The summed E-state index contributed by atoms with van der Waals surface area (Å²) in [4.78, 5) is 14.2. The molecule has 0 saturated heterocycles. The zero-order valence-electron chi connectivity index (χ0n) is 12.3. The average Bonchev–Trinajstić information content (AvgIpc) is 2.44. The van der Waals surface area contributed by atoms with Gasteiger partial charge >= 0.3 is 0 Å². The predicted octanol–water partition coefficient (Wildman–Crippen LogP) is 1.67. The Hall–Kier alpha value is -2.30. The van der Waals surface area contributed by atoms with E-state index in [1.165, 1.54) is 4.68 Å². The maximum absolute atomic E-state index is 12.3. The van der Waals surface area contributed by atoms with E-state index >= 15 is 0 Å². The maximum atomic E-state index is 12.3. The first-order valence-corrected chi connectivity index (χ1v) is 6.40. The highest BCUT2D eigenvalue weighted by molar-refractivity contribution is 5.48. The van der Waals surface area contributed by atoms with Gasteiger partial charge in [0.25, 0.3) is 5.56 Å². The number of ether oxygens (including phenoxy) is 1. The molecule has 0 aliphatic carbocycles. The molecule has 0 spiro atoms. The molecule has 0 N–H and O–H groups in total. The summed E-state index contributed by atoms with van der Waals surface area (Å²) in [6.45, 7) is 2.28. The van der Waals surface area contributed by atoms with E-state index in [1.54, 1.807) is 13.3 Å². The van der Waals surface area contributed by atoms with Gasteiger partial charge in [-0.1, -0.05) is 12.1 Å². The molecular weight excluding hydrogens is 254 g/mol. The molecule has 0 saturated carbocycles. The number of rotatable bonds is 4. The van der Waals surface area contributed by atoms with Crippen molar-refractivity contribution in [3.05, 3.63) is 51.9 Å². The van der Waals surface area contributed by atoms with E-state index in [0.717, 1.165) is 17.0 Å². The van der Waals surface area contributed by atoms with E-state index in [-0.39, 0.29) is 5.56 Å². The topological polar surface area (TPSA) is 47.4 Å². The number of hydrogen-bond donors (Lipinski definition) is 0. The summed E-state index contributed by atoms with van der Waals surface area (Å²) in [6.07, 6.45) is 1.72. The van der Waals surface area contributed by atoms with Crippen LogP contribution in [0, 0.1) is 6.92 Å². The highest BCUT2D eigenvalue weighted by atomic mass is 16.5. The van der Waals surface area contributed by atoms with E-state index in [4.69, 9.17) is 4.74 Å². The summed E-state index contributed by atoms with van der Waals surface area (Å²) in [7, 11) is 5.43. The summed E-state index contributed by atoms with van der Waals surface area (Å²) in [5.74, 6) is 0.799. The van der Waals surface area contributed by atoms with Crippen molar-refractivity contribution in [1.82, 2.24) is 9.78 Å². The molecule has 1 heterocycles. The first-order valence-electron chi connectivity index (χ1n) is 6.40. The normalized spacial score (nSPS) is 10.4. The average molecular weight is 273 g/mol. The van der Waals surface area contributed by atoms with Crippen LogP contribution in [0.5, 0.6) is 5.75 Å². The lowest BCUT2D eigenvalue weighted by atomic mass is 10.2. The van der Waals surface area contributed by atoms with Gasteiger partial charge in [-0.15, -0.1) is 0 Å². The standard InChI is InChI=1S/C15H19N3O2/c1-11-14(17(2)3)9-16-18(15(11)19)10-12-5-7-13(20-4)8-6-12/h5-9H,10H2,1-4H3. The molecule has 1 aromatic heterocycles. The van der Waals surface area contributed by atoms with E-state index in [1.807, 2.05) is 50.2 Å². The molecule has 1 aromatic carbocycles. The van der Waals surface area contributed by atoms with Crippen LogP contribution in [0.2, 0.25) is 0 Å². The molecule has 5 heteroatoms. The molecule has 0 unspecified atom stereocenters. The van der Waals surface area contributed by atoms with Crippen molar-refractivity contribution in [2.75, 3.05) is 26.1 Å². The molecular formula is C15H19N3O2. The molecule has 0 aliphatic heterocycles. The molecule has 0 bridgehead atoms. The number of hydrogen-bond acceptors (Lipinski definition) is 4. The van der Waals surface area contributed by atoms with Crippen LogP contribution >= 0.6 is 0 Å². The number of methoxy groups -OCH3 is 1. The summed E-state index contributed by atoms with van der Waals surface area (Å²) >= 11 is 0. The second kappa shape index (κ2) is 5.77. The third kappa shape index (κ3) is 2.82. The van der Waals surface area contributed by atoms with E-state index in [9.17, 15) is 4.79 Å². The van der Waals surface area contributed by atoms with Crippen LogP contribution in [-0.4, -0.2) is 31.0 Å². The molecule has 0 atom stereocenters. The Kier molecular flexibility index (Phi) is 4.08. The second-order valence-corrected chi connectivity index (χ2v) is 4.86. The van der Waals surface area contributed by atoms with Crippen LogP contribution in [0.15, 0.2) is 35.3 Å².